The van der Waals surface area contributed by atoms with Crippen molar-refractivity contribution < 1.29 is 22.7 Å². The number of rotatable bonds is 7. The summed E-state index contributed by atoms with van der Waals surface area (Å²) in [4.78, 5) is 23.6. The van der Waals surface area contributed by atoms with Crippen LogP contribution in [0, 0.1) is 0 Å². The number of hydrogen-bond donors (Lipinski definition) is 1. The van der Waals surface area contributed by atoms with Gasteiger partial charge in [-0.15, -0.1) is 0 Å². The Balaban J connectivity index is 1.87. The molecule has 2 rings (SSSR count). The third kappa shape index (κ3) is 6.60. The molecule has 25 heavy (non-hydrogen) atoms. The number of esters is 1. The molecule has 130 valence electrons. The maximum atomic E-state index is 12.0. The fourth-order valence-electron chi connectivity index (χ4n) is 1.93. The van der Waals surface area contributed by atoms with Crippen LogP contribution in [0.2, 0.25) is 0 Å². The van der Waals surface area contributed by atoms with Gasteiger partial charge in [-0.2, -0.15) is 0 Å². The third-order valence-electron chi connectivity index (χ3n) is 3.07. The summed E-state index contributed by atoms with van der Waals surface area (Å²) in [5, 5.41) is 0. The summed E-state index contributed by atoms with van der Waals surface area (Å²) in [5.41, 5.74) is 1.51. The lowest BCUT2D eigenvalue weighted by molar-refractivity contribution is -0.136. The van der Waals surface area contributed by atoms with Crippen molar-refractivity contribution in [3.05, 3.63) is 71.8 Å². The van der Waals surface area contributed by atoms with E-state index in [1.165, 1.54) is 30.3 Å². The van der Waals surface area contributed by atoms with E-state index in [0.717, 1.165) is 11.8 Å². The first-order valence-electron chi connectivity index (χ1n) is 7.34. The molecule has 0 bridgehead atoms. The second kappa shape index (κ2) is 8.25. The number of ether oxygens (including phenoxy) is 1. The number of anilines is 1. The molecular weight excluding hydrogens is 342 g/mol. The first-order chi connectivity index (χ1) is 11.8. The average Bonchev–Trinajstić information content (AvgIpc) is 2.58. The summed E-state index contributed by atoms with van der Waals surface area (Å²) in [6, 6.07) is 15.1. The molecule has 0 aliphatic carbocycles. The Labute approximate surface area is 146 Å². The van der Waals surface area contributed by atoms with E-state index in [9.17, 15) is 18.0 Å². The number of hydrogen-bond acceptors (Lipinski definition) is 5. The number of Topliss-reactive ketones (excluding diaryl/α,β-unsaturated/α-hetero) is 1. The molecule has 7 heteroatoms. The quantitative estimate of drug-likeness (QED) is 0.466. The van der Waals surface area contributed by atoms with Crippen molar-refractivity contribution >= 4 is 33.5 Å². The van der Waals surface area contributed by atoms with E-state index in [1.807, 2.05) is 30.3 Å². The highest BCUT2D eigenvalue weighted by molar-refractivity contribution is 7.92. The Bertz CT molecular complexity index is 871. The van der Waals surface area contributed by atoms with Gasteiger partial charge in [-0.3, -0.25) is 9.52 Å². The predicted octanol–water partition coefficient (Wildman–Crippen LogP) is 2.50. The smallest absolute Gasteiger partial charge is 0.331 e. The number of ketones is 1. The van der Waals surface area contributed by atoms with Gasteiger partial charge in [0.05, 0.1) is 6.26 Å². The Morgan fingerprint density at radius 1 is 1.04 bits per heavy atom. The summed E-state index contributed by atoms with van der Waals surface area (Å²) in [5.74, 6) is -1.00. The molecule has 0 radical (unpaired) electrons. The molecule has 0 saturated carbocycles. The lowest BCUT2D eigenvalue weighted by atomic mass is 10.1. The monoisotopic (exact) mass is 359 g/mol. The van der Waals surface area contributed by atoms with Crippen LogP contribution in [-0.4, -0.2) is 33.0 Å². The fourth-order valence-corrected chi connectivity index (χ4v) is 2.50. The van der Waals surface area contributed by atoms with E-state index < -0.39 is 22.6 Å². The van der Waals surface area contributed by atoms with Crippen LogP contribution in [0.15, 0.2) is 60.7 Å². The molecule has 0 aliphatic heterocycles. The summed E-state index contributed by atoms with van der Waals surface area (Å²) in [6.45, 7) is -0.392. The minimum absolute atomic E-state index is 0.318. The molecule has 0 aromatic heterocycles. The molecule has 0 fully saturated rings. The van der Waals surface area contributed by atoms with Crippen LogP contribution < -0.4 is 4.72 Å². The first-order valence-corrected chi connectivity index (χ1v) is 9.23. The number of benzene rings is 2. The Kier molecular flexibility index (Phi) is 6.08. The highest BCUT2D eigenvalue weighted by atomic mass is 32.2. The number of nitrogens with one attached hydrogen (secondary N) is 1. The van der Waals surface area contributed by atoms with Gasteiger partial charge in [-0.25, -0.2) is 13.2 Å². The standard InChI is InChI=1S/C18H17NO5S/c1-25(22,23)19-16-10-8-15(9-11-16)17(20)13-24-18(21)12-7-14-5-3-2-4-6-14/h2-12,19H,13H2,1H3/b12-7+. The summed E-state index contributed by atoms with van der Waals surface area (Å²) >= 11 is 0. The van der Waals surface area contributed by atoms with E-state index >= 15 is 0 Å². The maximum absolute atomic E-state index is 12.0. The van der Waals surface area contributed by atoms with Gasteiger partial charge in [-0.1, -0.05) is 30.3 Å². The minimum atomic E-state index is -3.37. The van der Waals surface area contributed by atoms with Crippen molar-refractivity contribution in [3.8, 4) is 0 Å². The van der Waals surface area contributed by atoms with Crippen LogP contribution in [0.5, 0.6) is 0 Å². The Morgan fingerprint density at radius 3 is 2.28 bits per heavy atom. The van der Waals surface area contributed by atoms with Crippen LogP contribution in [0.25, 0.3) is 6.08 Å². The Morgan fingerprint density at radius 2 is 1.68 bits per heavy atom. The molecule has 1 N–H and O–H groups in total. The Hall–Kier alpha value is -2.93. The number of carbonyl (C=O) groups excluding carboxylic acids is 2. The van der Waals surface area contributed by atoms with Crippen LogP contribution >= 0.6 is 0 Å². The molecule has 0 amide bonds. The lowest BCUT2D eigenvalue weighted by Gasteiger charge is -2.05. The van der Waals surface area contributed by atoms with Gasteiger partial charge in [0, 0.05) is 17.3 Å². The van der Waals surface area contributed by atoms with Gasteiger partial charge in [0.15, 0.2) is 12.4 Å². The first kappa shape index (κ1) is 18.4. The summed E-state index contributed by atoms with van der Waals surface area (Å²) < 4.78 is 29.4. The van der Waals surface area contributed by atoms with Gasteiger partial charge in [0.25, 0.3) is 0 Å². The van der Waals surface area contributed by atoms with E-state index in [2.05, 4.69) is 4.72 Å². The van der Waals surface area contributed by atoms with Crippen LogP contribution in [0.1, 0.15) is 15.9 Å². The fraction of sp³-hybridized carbons (Fsp3) is 0.111. The van der Waals surface area contributed by atoms with Crippen LogP contribution in [0.3, 0.4) is 0 Å². The lowest BCUT2D eigenvalue weighted by Crippen LogP contribution is -2.13. The maximum Gasteiger partial charge on any atom is 0.331 e. The zero-order valence-electron chi connectivity index (χ0n) is 13.5. The molecular formula is C18H17NO5S. The van der Waals surface area contributed by atoms with Gasteiger partial charge in [0.2, 0.25) is 10.0 Å². The van der Waals surface area contributed by atoms with Crippen molar-refractivity contribution in [2.24, 2.45) is 0 Å². The van der Waals surface area contributed by atoms with E-state index in [4.69, 9.17) is 4.74 Å². The third-order valence-corrected chi connectivity index (χ3v) is 3.67. The van der Waals surface area contributed by atoms with E-state index in [-0.39, 0.29) is 5.78 Å². The molecule has 0 aliphatic rings. The predicted molar refractivity (Wildman–Crippen MR) is 95.7 cm³/mol. The van der Waals surface area contributed by atoms with E-state index in [0.29, 0.717) is 11.3 Å². The second-order valence-corrected chi connectivity index (χ2v) is 6.97. The normalized spacial score (nSPS) is 11.2. The van der Waals surface area contributed by atoms with Crippen molar-refractivity contribution in [3.63, 3.8) is 0 Å². The molecule has 0 saturated heterocycles. The topological polar surface area (TPSA) is 89.5 Å². The molecule has 0 unspecified atom stereocenters. The highest BCUT2D eigenvalue weighted by Gasteiger charge is 2.09. The molecule has 2 aromatic rings. The average molecular weight is 359 g/mol. The van der Waals surface area contributed by atoms with E-state index in [1.54, 1.807) is 6.08 Å². The number of carbonyl (C=O) groups is 2. The molecule has 2 aromatic carbocycles. The largest absolute Gasteiger partial charge is 0.454 e. The van der Waals surface area contributed by atoms with Crippen molar-refractivity contribution in [1.82, 2.24) is 0 Å². The van der Waals surface area contributed by atoms with Gasteiger partial charge in [-0.05, 0) is 35.9 Å². The van der Waals surface area contributed by atoms with Gasteiger partial charge >= 0.3 is 5.97 Å². The molecule has 0 atom stereocenters. The SMILES string of the molecule is CS(=O)(=O)Nc1ccc(C(=O)COC(=O)/C=C/c2ccccc2)cc1. The zero-order chi connectivity index (χ0) is 18.3. The molecule has 0 spiro atoms. The molecule has 0 heterocycles. The number of sulfonamides is 1. The van der Waals surface area contributed by atoms with Crippen molar-refractivity contribution in [2.45, 2.75) is 0 Å². The second-order valence-electron chi connectivity index (χ2n) is 5.23. The molecule has 6 nitrogen and oxygen atoms in total. The van der Waals surface area contributed by atoms with Crippen molar-refractivity contribution in [1.29, 1.82) is 0 Å². The summed E-state index contributed by atoms with van der Waals surface area (Å²) in [6.07, 6.45) is 3.88. The van der Waals surface area contributed by atoms with Crippen LogP contribution in [0.4, 0.5) is 5.69 Å². The minimum Gasteiger partial charge on any atom is -0.454 e. The van der Waals surface area contributed by atoms with Crippen LogP contribution in [-0.2, 0) is 19.6 Å². The summed E-state index contributed by atoms with van der Waals surface area (Å²) in [7, 11) is -3.37. The van der Waals surface area contributed by atoms with Crippen molar-refractivity contribution in [2.75, 3.05) is 17.6 Å². The zero-order valence-corrected chi connectivity index (χ0v) is 14.3. The van der Waals surface area contributed by atoms with Gasteiger partial charge < -0.3 is 4.74 Å². The highest BCUT2D eigenvalue weighted by Crippen LogP contribution is 2.11. The van der Waals surface area contributed by atoms with Gasteiger partial charge in [0.1, 0.15) is 0 Å².